The molecule has 1 aliphatic rings. The van der Waals surface area contributed by atoms with Crippen LogP contribution in [0.25, 0.3) is 10.9 Å². The van der Waals surface area contributed by atoms with Crippen molar-refractivity contribution in [2.75, 3.05) is 7.11 Å². The lowest BCUT2D eigenvalue weighted by Gasteiger charge is -2.14. The number of aromatic nitrogens is 1. The van der Waals surface area contributed by atoms with Crippen molar-refractivity contribution < 1.29 is 28.2 Å². The van der Waals surface area contributed by atoms with Crippen molar-refractivity contribution in [2.24, 2.45) is 5.41 Å². The number of benzene rings is 3. The fourth-order valence-electron chi connectivity index (χ4n) is 4.65. The fourth-order valence-corrected chi connectivity index (χ4v) is 4.65. The number of halogens is 1. The summed E-state index contributed by atoms with van der Waals surface area (Å²) in [6.45, 7) is 1.82. The van der Waals surface area contributed by atoms with E-state index in [0.29, 0.717) is 41.0 Å². The molecule has 0 atom stereocenters. The molecular weight excluding hydrogens is 485 g/mol. The van der Waals surface area contributed by atoms with E-state index >= 15 is 0 Å². The molecule has 0 spiro atoms. The van der Waals surface area contributed by atoms with Gasteiger partial charge >= 0.3 is 5.97 Å². The van der Waals surface area contributed by atoms with Crippen LogP contribution in [0, 0.1) is 18.2 Å². The molecule has 6 nitrogen and oxygen atoms in total. The number of Topliss-reactive ketones (excluding diaryl/α,β-unsaturated/α-hetero) is 2. The molecule has 1 aliphatic carbocycles. The molecule has 1 saturated carbocycles. The molecule has 0 amide bonds. The molecule has 0 N–H and O–H groups in total. The Balaban J connectivity index is 1.27. The van der Waals surface area contributed by atoms with Crippen molar-refractivity contribution in [3.8, 4) is 11.5 Å². The third-order valence-corrected chi connectivity index (χ3v) is 7.06. The Bertz CT molecular complexity index is 1540. The molecule has 0 unspecified atom stereocenters. The van der Waals surface area contributed by atoms with Gasteiger partial charge in [-0.25, -0.2) is 9.18 Å². The maximum atomic E-state index is 13.2. The van der Waals surface area contributed by atoms with Crippen molar-refractivity contribution in [3.05, 3.63) is 101 Å². The normalized spacial score (nSPS) is 13.7. The molecular formula is C31H26FNO5. The van der Waals surface area contributed by atoms with E-state index in [2.05, 4.69) is 4.98 Å². The number of ketones is 2. The zero-order valence-corrected chi connectivity index (χ0v) is 21.1. The second-order valence-corrected chi connectivity index (χ2v) is 9.64. The van der Waals surface area contributed by atoms with Crippen molar-refractivity contribution in [2.45, 2.75) is 32.6 Å². The van der Waals surface area contributed by atoms with E-state index in [1.54, 1.807) is 42.6 Å². The topological polar surface area (TPSA) is 82.6 Å². The second-order valence-electron chi connectivity index (χ2n) is 9.64. The number of fused-ring (bicyclic) bond motifs is 1. The molecule has 1 fully saturated rings. The van der Waals surface area contributed by atoms with Gasteiger partial charge in [-0.1, -0.05) is 24.3 Å². The summed E-state index contributed by atoms with van der Waals surface area (Å²) in [5.74, 6) is 0.191. The van der Waals surface area contributed by atoms with E-state index < -0.39 is 11.4 Å². The van der Waals surface area contributed by atoms with Gasteiger partial charge in [0.25, 0.3) is 0 Å². The number of ether oxygens (including phenoxy) is 2. The average Bonchev–Trinajstić information content (AvgIpc) is 3.73. The maximum Gasteiger partial charge on any atom is 0.338 e. The van der Waals surface area contributed by atoms with E-state index in [1.165, 1.54) is 19.2 Å². The number of aryl methyl sites for hydroxylation is 1. The third kappa shape index (κ3) is 5.05. The summed E-state index contributed by atoms with van der Waals surface area (Å²) >= 11 is 0. The summed E-state index contributed by atoms with van der Waals surface area (Å²) in [6.07, 6.45) is 3.00. The number of hydrogen-bond donors (Lipinski definition) is 0. The average molecular weight is 512 g/mol. The monoisotopic (exact) mass is 511 g/mol. The van der Waals surface area contributed by atoms with Crippen LogP contribution in [0.15, 0.2) is 72.9 Å². The molecule has 7 heteroatoms. The maximum absolute atomic E-state index is 13.2. The quantitative estimate of drug-likeness (QED) is 0.204. The zero-order valence-electron chi connectivity index (χ0n) is 21.1. The highest BCUT2D eigenvalue weighted by molar-refractivity contribution is 6.11. The van der Waals surface area contributed by atoms with Gasteiger partial charge in [0.05, 0.1) is 23.6 Å². The van der Waals surface area contributed by atoms with Crippen molar-refractivity contribution >= 4 is 28.4 Å². The van der Waals surface area contributed by atoms with Crippen LogP contribution >= 0.6 is 0 Å². The lowest BCUT2D eigenvalue weighted by Crippen LogP contribution is -2.28. The van der Waals surface area contributed by atoms with Crippen LogP contribution in [0.3, 0.4) is 0 Å². The van der Waals surface area contributed by atoms with Gasteiger partial charge in [-0.05, 0) is 78.9 Å². The van der Waals surface area contributed by atoms with Crippen LogP contribution in [-0.2, 0) is 27.2 Å². The fraction of sp³-hybridized carbons (Fsp3) is 0.226. The highest BCUT2D eigenvalue weighted by Crippen LogP contribution is 2.48. The first-order chi connectivity index (χ1) is 18.3. The second kappa shape index (κ2) is 10.2. The first-order valence-electron chi connectivity index (χ1n) is 12.3. The van der Waals surface area contributed by atoms with E-state index in [9.17, 15) is 18.8 Å². The van der Waals surface area contributed by atoms with Gasteiger partial charge in [0, 0.05) is 24.4 Å². The minimum atomic E-state index is -0.930. The molecule has 192 valence electrons. The largest absolute Gasteiger partial charge is 0.465 e. The highest BCUT2D eigenvalue weighted by Gasteiger charge is 2.54. The highest BCUT2D eigenvalue weighted by atomic mass is 19.1. The van der Waals surface area contributed by atoms with Gasteiger partial charge in [-0.2, -0.15) is 0 Å². The van der Waals surface area contributed by atoms with Crippen molar-refractivity contribution in [1.29, 1.82) is 0 Å². The molecule has 5 rings (SSSR count). The van der Waals surface area contributed by atoms with Crippen LogP contribution in [0.5, 0.6) is 11.5 Å². The van der Waals surface area contributed by atoms with Crippen LogP contribution < -0.4 is 4.74 Å². The molecule has 1 heterocycles. The SMILES string of the molecule is COC(=O)c1cc2nccc(Oc3ccc(CC(=O)C4(C(=O)Cc5ccc(F)cc5)CC4)cc3)c2cc1C. The van der Waals surface area contributed by atoms with Crippen LogP contribution in [0.2, 0.25) is 0 Å². The minimum absolute atomic E-state index is 0.0877. The summed E-state index contributed by atoms with van der Waals surface area (Å²) in [7, 11) is 1.34. The molecule has 1 aromatic heterocycles. The minimum Gasteiger partial charge on any atom is -0.465 e. The Labute approximate surface area is 219 Å². The first kappa shape index (κ1) is 25.3. The Hall–Kier alpha value is -4.39. The van der Waals surface area contributed by atoms with E-state index in [-0.39, 0.29) is 30.2 Å². The van der Waals surface area contributed by atoms with Gasteiger partial charge in [0.15, 0.2) is 11.6 Å². The number of pyridine rings is 1. The summed E-state index contributed by atoms with van der Waals surface area (Å²) in [5, 5.41) is 0.757. The van der Waals surface area contributed by atoms with Gasteiger partial charge in [-0.3, -0.25) is 14.6 Å². The molecule has 3 aromatic carbocycles. The molecule has 0 radical (unpaired) electrons. The van der Waals surface area contributed by atoms with E-state index in [0.717, 1.165) is 16.5 Å². The molecule has 38 heavy (non-hydrogen) atoms. The lowest BCUT2D eigenvalue weighted by molar-refractivity contribution is -0.133. The van der Waals surface area contributed by atoms with Crippen LogP contribution in [-0.4, -0.2) is 29.6 Å². The number of hydrogen-bond acceptors (Lipinski definition) is 6. The van der Waals surface area contributed by atoms with Gasteiger partial charge in [0.1, 0.15) is 17.3 Å². The number of methoxy groups -OCH3 is 1. The number of carbonyl (C=O) groups is 3. The Morgan fingerprint density at radius 3 is 2.08 bits per heavy atom. The smallest absolute Gasteiger partial charge is 0.338 e. The first-order valence-corrected chi connectivity index (χ1v) is 12.3. The summed E-state index contributed by atoms with van der Waals surface area (Å²) in [6, 6.07) is 18.3. The number of esters is 1. The third-order valence-electron chi connectivity index (χ3n) is 7.06. The van der Waals surface area contributed by atoms with E-state index in [1.807, 2.05) is 25.1 Å². The van der Waals surface area contributed by atoms with Crippen LogP contribution in [0.4, 0.5) is 4.39 Å². The number of nitrogens with zero attached hydrogens (tertiary/aromatic N) is 1. The zero-order chi connectivity index (χ0) is 26.9. The molecule has 0 bridgehead atoms. The van der Waals surface area contributed by atoms with Crippen LogP contribution in [0.1, 0.15) is 39.9 Å². The Kier molecular flexibility index (Phi) is 6.76. The molecule has 0 saturated heterocycles. The Morgan fingerprint density at radius 2 is 1.50 bits per heavy atom. The van der Waals surface area contributed by atoms with Crippen molar-refractivity contribution in [1.82, 2.24) is 4.98 Å². The van der Waals surface area contributed by atoms with E-state index in [4.69, 9.17) is 9.47 Å². The number of carbonyl (C=O) groups excluding carboxylic acids is 3. The number of rotatable bonds is 9. The van der Waals surface area contributed by atoms with Gasteiger partial charge in [0.2, 0.25) is 0 Å². The Morgan fingerprint density at radius 1 is 0.895 bits per heavy atom. The molecule has 0 aliphatic heterocycles. The summed E-state index contributed by atoms with van der Waals surface area (Å²) < 4.78 is 24.1. The predicted octanol–water partition coefficient (Wildman–Crippen LogP) is 5.96. The predicted molar refractivity (Wildman–Crippen MR) is 140 cm³/mol. The van der Waals surface area contributed by atoms with Gasteiger partial charge < -0.3 is 9.47 Å². The summed E-state index contributed by atoms with van der Waals surface area (Å²) in [5.41, 5.74) is 2.37. The summed E-state index contributed by atoms with van der Waals surface area (Å²) in [4.78, 5) is 42.4. The van der Waals surface area contributed by atoms with Gasteiger partial charge in [-0.15, -0.1) is 0 Å². The standard InChI is InChI=1S/C31H26FNO5/c1-19-15-25-26(18-24(19)30(36)37-2)33-14-11-27(25)38-23-9-5-21(6-10-23)17-29(35)31(12-13-31)28(34)16-20-3-7-22(32)8-4-20/h3-11,14-15,18H,12-13,16-17H2,1-2H3. The molecule has 4 aromatic rings. The van der Waals surface area contributed by atoms with Crippen molar-refractivity contribution in [3.63, 3.8) is 0 Å². The lowest BCUT2D eigenvalue weighted by atomic mass is 9.88.